The van der Waals surface area contributed by atoms with Crippen molar-refractivity contribution >= 4 is 40.8 Å². The molecule has 0 saturated carbocycles. The molecule has 0 aliphatic rings. The summed E-state index contributed by atoms with van der Waals surface area (Å²) in [5.41, 5.74) is 1.82. The van der Waals surface area contributed by atoms with E-state index >= 15 is 0 Å². The Hall–Kier alpha value is -2.90. The Morgan fingerprint density at radius 1 is 1.11 bits per heavy atom. The minimum absolute atomic E-state index is 0.138. The van der Waals surface area contributed by atoms with Gasteiger partial charge in [0, 0.05) is 17.4 Å². The van der Waals surface area contributed by atoms with Crippen LogP contribution in [0.4, 0.5) is 5.69 Å². The average molecular weight is 405 g/mol. The van der Waals surface area contributed by atoms with E-state index in [-0.39, 0.29) is 28.5 Å². The van der Waals surface area contributed by atoms with Gasteiger partial charge in [0.05, 0.1) is 12.3 Å². The summed E-state index contributed by atoms with van der Waals surface area (Å²) >= 11 is 11.6. The molecular weight excluding hydrogens is 391 g/mol. The normalized spacial score (nSPS) is 10.5. The molecule has 0 saturated heterocycles. The van der Waals surface area contributed by atoms with Crippen molar-refractivity contribution in [1.29, 1.82) is 0 Å². The minimum Gasteiger partial charge on any atom is -0.461 e. The van der Waals surface area contributed by atoms with Gasteiger partial charge in [-0.3, -0.25) is 4.79 Å². The number of nitrogens with zero attached hydrogens (tertiary/aromatic N) is 3. The molecule has 0 fully saturated rings. The maximum atomic E-state index is 12.3. The standard InChI is InChI=1S/C18H14Cl2N4O3/c1-2-27-18(26)14-7-8-24(23-14)13-5-3-12(4-6-13)21-17(25)11-9-15(19)22-16(20)10-11/h3-10H,2H2,1H3,(H,21,25). The number of ether oxygens (including phenoxy) is 1. The van der Waals surface area contributed by atoms with Crippen LogP contribution >= 0.6 is 23.2 Å². The van der Waals surface area contributed by atoms with Gasteiger partial charge in [0.15, 0.2) is 5.69 Å². The second-order valence-corrected chi connectivity index (χ2v) is 6.14. The number of hydrogen-bond acceptors (Lipinski definition) is 5. The fourth-order valence-corrected chi connectivity index (χ4v) is 2.74. The smallest absolute Gasteiger partial charge is 0.358 e. The number of hydrogen-bond donors (Lipinski definition) is 1. The molecule has 0 aliphatic heterocycles. The Bertz CT molecular complexity index is 966. The van der Waals surface area contributed by atoms with Crippen molar-refractivity contribution in [2.24, 2.45) is 0 Å². The summed E-state index contributed by atoms with van der Waals surface area (Å²) in [5, 5.41) is 7.19. The van der Waals surface area contributed by atoms with Gasteiger partial charge in [-0.05, 0) is 49.4 Å². The fraction of sp³-hybridized carbons (Fsp3) is 0.111. The molecule has 3 aromatic rings. The number of nitrogens with one attached hydrogen (secondary N) is 1. The number of amides is 1. The number of rotatable bonds is 5. The Morgan fingerprint density at radius 2 is 1.78 bits per heavy atom. The van der Waals surface area contributed by atoms with E-state index in [0.717, 1.165) is 5.69 Å². The lowest BCUT2D eigenvalue weighted by atomic mass is 10.2. The minimum atomic E-state index is -0.477. The van der Waals surface area contributed by atoms with E-state index < -0.39 is 5.97 Å². The molecule has 0 aliphatic carbocycles. The molecule has 2 aromatic heterocycles. The summed E-state index contributed by atoms with van der Waals surface area (Å²) in [7, 11) is 0. The molecule has 0 bridgehead atoms. The van der Waals surface area contributed by atoms with Gasteiger partial charge < -0.3 is 10.1 Å². The molecule has 7 nitrogen and oxygen atoms in total. The van der Waals surface area contributed by atoms with Crippen LogP contribution in [-0.2, 0) is 4.74 Å². The number of carbonyl (C=O) groups is 2. The topological polar surface area (TPSA) is 86.1 Å². The van der Waals surface area contributed by atoms with Crippen LogP contribution < -0.4 is 5.32 Å². The molecule has 2 heterocycles. The van der Waals surface area contributed by atoms with Gasteiger partial charge in [-0.25, -0.2) is 14.5 Å². The first-order chi connectivity index (χ1) is 13.0. The highest BCUT2D eigenvalue weighted by molar-refractivity contribution is 6.33. The quantitative estimate of drug-likeness (QED) is 0.512. The van der Waals surface area contributed by atoms with Gasteiger partial charge in [0.1, 0.15) is 10.3 Å². The van der Waals surface area contributed by atoms with E-state index in [4.69, 9.17) is 27.9 Å². The highest BCUT2D eigenvalue weighted by Gasteiger charge is 2.12. The molecule has 138 valence electrons. The third kappa shape index (κ3) is 4.64. The van der Waals surface area contributed by atoms with E-state index in [1.807, 2.05) is 0 Å². The van der Waals surface area contributed by atoms with Crippen LogP contribution in [0.15, 0.2) is 48.7 Å². The Labute approximate surface area is 164 Å². The maximum absolute atomic E-state index is 12.3. The number of carbonyl (C=O) groups excluding carboxylic acids is 2. The van der Waals surface area contributed by atoms with E-state index in [9.17, 15) is 9.59 Å². The number of pyridine rings is 1. The van der Waals surface area contributed by atoms with Gasteiger partial charge in [-0.2, -0.15) is 5.10 Å². The van der Waals surface area contributed by atoms with Crippen LogP contribution in [0.2, 0.25) is 10.3 Å². The number of benzene rings is 1. The van der Waals surface area contributed by atoms with Crippen molar-refractivity contribution in [3.05, 3.63) is 70.2 Å². The third-order valence-corrected chi connectivity index (χ3v) is 3.88. The number of halogens is 2. The highest BCUT2D eigenvalue weighted by Crippen LogP contribution is 2.18. The van der Waals surface area contributed by atoms with Crippen molar-refractivity contribution in [3.63, 3.8) is 0 Å². The van der Waals surface area contributed by atoms with Crippen molar-refractivity contribution in [3.8, 4) is 5.69 Å². The van der Waals surface area contributed by atoms with Crippen LogP contribution in [0, 0.1) is 0 Å². The molecule has 0 atom stereocenters. The summed E-state index contributed by atoms with van der Waals surface area (Å²) in [4.78, 5) is 27.8. The second kappa shape index (κ2) is 8.20. The Morgan fingerprint density at radius 3 is 2.41 bits per heavy atom. The van der Waals surface area contributed by atoms with Crippen molar-refractivity contribution in [2.75, 3.05) is 11.9 Å². The number of anilines is 1. The molecule has 0 radical (unpaired) electrons. The van der Waals surface area contributed by atoms with Crippen LogP contribution in [0.3, 0.4) is 0 Å². The third-order valence-electron chi connectivity index (χ3n) is 3.49. The molecule has 0 unspecified atom stereocenters. The van der Waals surface area contributed by atoms with Crippen molar-refractivity contribution < 1.29 is 14.3 Å². The van der Waals surface area contributed by atoms with Crippen molar-refractivity contribution in [1.82, 2.24) is 14.8 Å². The maximum Gasteiger partial charge on any atom is 0.358 e. The Balaban J connectivity index is 1.72. The predicted octanol–water partition coefficient (Wildman–Crippen LogP) is 4.00. The molecule has 0 spiro atoms. The van der Waals surface area contributed by atoms with Crippen molar-refractivity contribution in [2.45, 2.75) is 6.92 Å². The van der Waals surface area contributed by atoms with Gasteiger partial charge in [0.2, 0.25) is 0 Å². The molecular formula is C18H14Cl2N4O3. The summed E-state index contributed by atoms with van der Waals surface area (Å²) in [6.45, 7) is 2.02. The first-order valence-corrected chi connectivity index (χ1v) is 8.69. The zero-order valence-corrected chi connectivity index (χ0v) is 15.7. The number of aromatic nitrogens is 3. The molecule has 3 rings (SSSR count). The van der Waals surface area contributed by atoms with Gasteiger partial charge in [-0.1, -0.05) is 23.2 Å². The average Bonchev–Trinajstić information content (AvgIpc) is 3.12. The largest absolute Gasteiger partial charge is 0.461 e. The zero-order chi connectivity index (χ0) is 19.4. The first kappa shape index (κ1) is 18.9. The van der Waals surface area contributed by atoms with E-state index in [0.29, 0.717) is 11.3 Å². The lowest BCUT2D eigenvalue weighted by molar-refractivity contribution is 0.0519. The molecule has 1 amide bonds. The van der Waals surface area contributed by atoms with E-state index in [1.165, 1.54) is 12.1 Å². The Kier molecular flexibility index (Phi) is 5.73. The van der Waals surface area contributed by atoms with E-state index in [2.05, 4.69) is 15.4 Å². The molecule has 1 N–H and O–H groups in total. The lowest BCUT2D eigenvalue weighted by Crippen LogP contribution is -2.12. The zero-order valence-electron chi connectivity index (χ0n) is 14.1. The monoisotopic (exact) mass is 404 g/mol. The summed E-state index contributed by atoms with van der Waals surface area (Å²) in [6, 6.07) is 11.4. The highest BCUT2D eigenvalue weighted by atomic mass is 35.5. The fourth-order valence-electron chi connectivity index (χ4n) is 2.28. The lowest BCUT2D eigenvalue weighted by Gasteiger charge is -2.07. The first-order valence-electron chi connectivity index (χ1n) is 7.94. The van der Waals surface area contributed by atoms with Gasteiger partial charge >= 0.3 is 5.97 Å². The summed E-state index contributed by atoms with van der Waals surface area (Å²) in [5.74, 6) is -0.840. The van der Waals surface area contributed by atoms with Crippen LogP contribution in [0.25, 0.3) is 5.69 Å². The SMILES string of the molecule is CCOC(=O)c1ccn(-c2ccc(NC(=O)c3cc(Cl)nc(Cl)c3)cc2)n1. The predicted molar refractivity (Wildman–Crippen MR) is 102 cm³/mol. The molecule has 9 heteroatoms. The summed E-state index contributed by atoms with van der Waals surface area (Å²) < 4.78 is 6.46. The van der Waals surface area contributed by atoms with Crippen LogP contribution in [-0.4, -0.2) is 33.2 Å². The second-order valence-electron chi connectivity index (χ2n) is 5.37. The number of esters is 1. The van der Waals surface area contributed by atoms with Gasteiger partial charge in [0.25, 0.3) is 5.91 Å². The summed E-state index contributed by atoms with van der Waals surface area (Å²) in [6.07, 6.45) is 1.65. The van der Waals surface area contributed by atoms with Crippen LogP contribution in [0.1, 0.15) is 27.8 Å². The van der Waals surface area contributed by atoms with Gasteiger partial charge in [-0.15, -0.1) is 0 Å². The molecule has 1 aromatic carbocycles. The molecule has 27 heavy (non-hydrogen) atoms. The van der Waals surface area contributed by atoms with E-state index in [1.54, 1.807) is 48.1 Å². The van der Waals surface area contributed by atoms with Crippen LogP contribution in [0.5, 0.6) is 0 Å².